The number of benzene rings is 2. The lowest BCUT2D eigenvalue weighted by molar-refractivity contribution is -0.118. The van der Waals surface area contributed by atoms with E-state index in [4.69, 9.17) is 11.5 Å². The lowest BCUT2D eigenvalue weighted by atomic mass is 10.1. The number of nitrogens with one attached hydrogen (secondary N) is 2. The van der Waals surface area contributed by atoms with Crippen LogP contribution in [0, 0.1) is 5.82 Å². The van der Waals surface area contributed by atoms with Gasteiger partial charge in [0.1, 0.15) is 11.9 Å². The molecule has 6 N–H and O–H groups in total. The van der Waals surface area contributed by atoms with Crippen LogP contribution in [0.25, 0.3) is 10.9 Å². The molecule has 0 fully saturated rings. The van der Waals surface area contributed by atoms with E-state index >= 15 is 0 Å². The molecule has 8 nitrogen and oxygen atoms in total. The summed E-state index contributed by atoms with van der Waals surface area (Å²) >= 11 is 0. The molecule has 166 valence electrons. The number of primary amides is 2. The highest BCUT2D eigenvalue weighted by atomic mass is 19.1. The van der Waals surface area contributed by atoms with E-state index in [0.29, 0.717) is 5.69 Å². The molecule has 0 bridgehead atoms. The Labute approximate surface area is 188 Å². The zero-order valence-electron chi connectivity index (χ0n) is 17.5. The largest absolute Gasteiger partial charge is 0.368 e. The quantitative estimate of drug-likeness (QED) is 0.330. The molecule has 2 heterocycles. The second kappa shape index (κ2) is 9.31. The lowest BCUT2D eigenvalue weighted by Gasteiger charge is -2.18. The zero-order chi connectivity index (χ0) is 23.4. The summed E-state index contributed by atoms with van der Waals surface area (Å²) < 4.78 is 14.8. The van der Waals surface area contributed by atoms with Crippen LogP contribution in [-0.4, -0.2) is 27.8 Å². The Morgan fingerprint density at radius 1 is 0.970 bits per heavy atom. The van der Waals surface area contributed by atoms with Crippen molar-refractivity contribution in [1.29, 1.82) is 0 Å². The number of nitrogens with zero attached hydrogens (tertiary/aromatic N) is 2. The average Bonchev–Trinajstić information content (AvgIpc) is 2.80. The molecule has 33 heavy (non-hydrogen) atoms. The molecule has 1 atom stereocenters. The number of nitrogens with two attached hydrogens (primary N) is 2. The number of carbonyl (C=O) groups is 2. The van der Waals surface area contributed by atoms with Gasteiger partial charge in [-0.05, 0) is 35.9 Å². The molecule has 4 rings (SSSR count). The number of anilines is 3. The van der Waals surface area contributed by atoms with Gasteiger partial charge < -0.3 is 22.1 Å². The van der Waals surface area contributed by atoms with E-state index in [-0.39, 0.29) is 23.6 Å². The molecule has 1 unspecified atom stereocenters. The molecule has 2 aromatic heterocycles. The van der Waals surface area contributed by atoms with Crippen LogP contribution in [0.2, 0.25) is 0 Å². The third-order valence-corrected chi connectivity index (χ3v) is 5.04. The molecule has 0 spiro atoms. The first kappa shape index (κ1) is 21.7. The van der Waals surface area contributed by atoms with Crippen molar-refractivity contribution in [1.82, 2.24) is 9.97 Å². The number of hydrogen-bond acceptors (Lipinski definition) is 6. The van der Waals surface area contributed by atoms with Gasteiger partial charge in [-0.3, -0.25) is 14.6 Å². The summed E-state index contributed by atoms with van der Waals surface area (Å²) in [5, 5.41) is 6.62. The summed E-state index contributed by atoms with van der Waals surface area (Å²) in [7, 11) is 0. The summed E-state index contributed by atoms with van der Waals surface area (Å²) in [6.07, 6.45) is 1.92. The van der Waals surface area contributed by atoms with E-state index in [0.717, 1.165) is 22.5 Å². The van der Waals surface area contributed by atoms with Crippen molar-refractivity contribution >= 4 is 40.0 Å². The molecule has 0 aliphatic carbocycles. The second-order valence-corrected chi connectivity index (χ2v) is 7.40. The van der Waals surface area contributed by atoms with Gasteiger partial charge in [0.25, 0.3) is 5.91 Å². The number of aromatic nitrogens is 2. The number of rotatable bonds is 8. The van der Waals surface area contributed by atoms with Gasteiger partial charge in [-0.1, -0.05) is 36.4 Å². The Hall–Kier alpha value is -4.53. The van der Waals surface area contributed by atoms with Gasteiger partial charge in [-0.25, -0.2) is 9.37 Å². The predicted molar refractivity (Wildman–Crippen MR) is 124 cm³/mol. The fourth-order valence-corrected chi connectivity index (χ4v) is 3.40. The van der Waals surface area contributed by atoms with Crippen molar-refractivity contribution in [3.63, 3.8) is 0 Å². The number of amides is 2. The fourth-order valence-electron chi connectivity index (χ4n) is 3.40. The highest BCUT2D eigenvalue weighted by molar-refractivity contribution is 5.99. The average molecular weight is 444 g/mol. The number of pyridine rings is 2. The summed E-state index contributed by atoms with van der Waals surface area (Å²) in [5.41, 5.74) is 13.1. The smallest absolute Gasteiger partial charge is 0.252 e. The fraction of sp³-hybridized carbons (Fsp3) is 0.0833. The van der Waals surface area contributed by atoms with Crippen LogP contribution in [0.5, 0.6) is 0 Å². The molecular formula is C24H21FN6O2. The van der Waals surface area contributed by atoms with Crippen molar-refractivity contribution in [2.45, 2.75) is 12.5 Å². The summed E-state index contributed by atoms with van der Waals surface area (Å²) in [4.78, 5) is 32.4. The zero-order valence-corrected chi connectivity index (χ0v) is 17.5. The van der Waals surface area contributed by atoms with Gasteiger partial charge in [0.15, 0.2) is 11.6 Å². The van der Waals surface area contributed by atoms with Crippen molar-refractivity contribution in [2.75, 3.05) is 10.6 Å². The summed E-state index contributed by atoms with van der Waals surface area (Å²) in [6.45, 7) is 0. The van der Waals surface area contributed by atoms with Crippen LogP contribution < -0.4 is 22.1 Å². The number of carbonyl (C=O) groups excluding carboxylic acids is 2. The first-order valence-electron chi connectivity index (χ1n) is 10.1. The third kappa shape index (κ3) is 5.04. The lowest BCUT2D eigenvalue weighted by Crippen LogP contribution is -2.38. The molecule has 2 aromatic carbocycles. The second-order valence-electron chi connectivity index (χ2n) is 7.40. The molecule has 0 aliphatic heterocycles. The van der Waals surface area contributed by atoms with Crippen LogP contribution >= 0.6 is 0 Å². The number of hydrogen-bond donors (Lipinski definition) is 4. The maximum absolute atomic E-state index is 14.8. The van der Waals surface area contributed by atoms with Crippen LogP contribution in [0.1, 0.15) is 15.9 Å². The molecule has 4 aromatic rings. The van der Waals surface area contributed by atoms with Gasteiger partial charge in [-0.15, -0.1) is 0 Å². The van der Waals surface area contributed by atoms with Gasteiger partial charge in [0.05, 0.1) is 11.1 Å². The van der Waals surface area contributed by atoms with E-state index in [1.807, 2.05) is 42.5 Å². The standard InChI is InChI=1S/C24H21FN6O2/c25-18-13-17(21(26)32)23(29-16-8-9-19-15(12-16)7-4-10-28-19)31-24(18)30-20(22(27)33)11-14-5-2-1-3-6-14/h1-10,12-13,20H,11H2,(H2,26,32)(H2,27,33)(H2,29,30,31). The molecule has 2 amide bonds. The minimum absolute atomic E-state index is 0.0394. The summed E-state index contributed by atoms with van der Waals surface area (Å²) in [6, 6.07) is 18.3. The van der Waals surface area contributed by atoms with Crippen LogP contribution in [0.4, 0.5) is 21.7 Å². The molecule has 0 saturated heterocycles. The molecule has 0 aliphatic rings. The SMILES string of the molecule is NC(=O)c1cc(F)c(NC(Cc2ccccc2)C(N)=O)nc1Nc1ccc2ncccc2c1. The van der Waals surface area contributed by atoms with Crippen LogP contribution in [-0.2, 0) is 11.2 Å². The van der Waals surface area contributed by atoms with Crippen molar-refractivity contribution in [3.05, 3.63) is 89.9 Å². The van der Waals surface area contributed by atoms with Gasteiger partial charge in [0, 0.05) is 23.7 Å². The Kier molecular flexibility index (Phi) is 6.12. The van der Waals surface area contributed by atoms with E-state index in [9.17, 15) is 14.0 Å². The van der Waals surface area contributed by atoms with E-state index in [1.54, 1.807) is 24.4 Å². The predicted octanol–water partition coefficient (Wildman–Crippen LogP) is 3.12. The Morgan fingerprint density at radius 3 is 2.48 bits per heavy atom. The normalized spacial score (nSPS) is 11.7. The van der Waals surface area contributed by atoms with E-state index < -0.39 is 23.7 Å². The first-order valence-corrected chi connectivity index (χ1v) is 10.1. The van der Waals surface area contributed by atoms with E-state index in [2.05, 4.69) is 20.6 Å². The minimum atomic E-state index is -0.923. The van der Waals surface area contributed by atoms with Crippen molar-refractivity contribution in [2.24, 2.45) is 11.5 Å². The summed E-state index contributed by atoms with van der Waals surface area (Å²) in [5.74, 6) is -2.55. The Morgan fingerprint density at radius 2 is 1.76 bits per heavy atom. The first-order chi connectivity index (χ1) is 15.9. The monoisotopic (exact) mass is 444 g/mol. The Balaban J connectivity index is 1.66. The molecule has 0 radical (unpaired) electrons. The highest BCUT2D eigenvalue weighted by Crippen LogP contribution is 2.26. The Bertz CT molecular complexity index is 1330. The molecule has 9 heteroatoms. The van der Waals surface area contributed by atoms with Gasteiger partial charge in [0.2, 0.25) is 5.91 Å². The van der Waals surface area contributed by atoms with Crippen LogP contribution in [0.15, 0.2) is 72.9 Å². The molecule has 0 saturated carbocycles. The van der Waals surface area contributed by atoms with E-state index in [1.165, 1.54) is 0 Å². The van der Waals surface area contributed by atoms with Crippen molar-refractivity contribution in [3.8, 4) is 0 Å². The molecular weight excluding hydrogens is 423 g/mol. The van der Waals surface area contributed by atoms with Gasteiger partial charge in [-0.2, -0.15) is 0 Å². The minimum Gasteiger partial charge on any atom is -0.368 e. The number of halogens is 1. The van der Waals surface area contributed by atoms with Crippen molar-refractivity contribution < 1.29 is 14.0 Å². The maximum atomic E-state index is 14.8. The number of fused-ring (bicyclic) bond motifs is 1. The highest BCUT2D eigenvalue weighted by Gasteiger charge is 2.21. The topological polar surface area (TPSA) is 136 Å². The van der Waals surface area contributed by atoms with Crippen LogP contribution in [0.3, 0.4) is 0 Å². The van der Waals surface area contributed by atoms with Gasteiger partial charge >= 0.3 is 0 Å². The maximum Gasteiger partial charge on any atom is 0.252 e. The third-order valence-electron chi connectivity index (χ3n) is 5.04.